The number of hydrogen-bond donors (Lipinski definition) is 0. The molecule has 0 saturated carbocycles. The van der Waals surface area contributed by atoms with Crippen molar-refractivity contribution in [1.82, 2.24) is 4.90 Å². The van der Waals surface area contributed by atoms with E-state index < -0.39 is 0 Å². The van der Waals surface area contributed by atoms with Crippen LogP contribution in [0.1, 0.15) is 11.1 Å². The van der Waals surface area contributed by atoms with Gasteiger partial charge in [-0.3, -0.25) is 4.90 Å². The molecule has 0 aromatic heterocycles. The van der Waals surface area contributed by atoms with Crippen molar-refractivity contribution >= 4 is 11.6 Å². The van der Waals surface area contributed by atoms with Crippen molar-refractivity contribution in [3.05, 3.63) is 29.3 Å². The van der Waals surface area contributed by atoms with Gasteiger partial charge in [-0.1, -0.05) is 17.7 Å². The van der Waals surface area contributed by atoms with E-state index in [1.165, 1.54) is 11.1 Å². The lowest BCUT2D eigenvalue weighted by Gasteiger charge is -2.22. The number of nitrogens with zero attached hydrogens (tertiary/aromatic N) is 1. The molecule has 0 aliphatic heterocycles. The topological polar surface area (TPSA) is 21.7 Å². The Morgan fingerprint density at radius 3 is 2.61 bits per heavy atom. The van der Waals surface area contributed by atoms with Gasteiger partial charge >= 0.3 is 0 Å². The number of methoxy groups -OCH3 is 2. The fraction of sp³-hybridized carbons (Fsp3) is 0.571. The monoisotopic (exact) mass is 271 g/mol. The Labute approximate surface area is 115 Å². The van der Waals surface area contributed by atoms with E-state index in [0.717, 1.165) is 25.4 Å². The van der Waals surface area contributed by atoms with Gasteiger partial charge in [0.1, 0.15) is 5.75 Å². The maximum atomic E-state index is 5.83. The molecule has 0 heterocycles. The minimum atomic E-state index is 0.623. The molecular weight excluding hydrogens is 250 g/mol. The van der Waals surface area contributed by atoms with Crippen LogP contribution in [-0.4, -0.2) is 44.7 Å². The molecule has 4 heteroatoms. The molecule has 0 unspecified atom stereocenters. The molecule has 0 bridgehead atoms. The third-order valence-electron chi connectivity index (χ3n) is 2.84. The van der Waals surface area contributed by atoms with Crippen molar-refractivity contribution in [3.63, 3.8) is 0 Å². The number of aryl methyl sites for hydroxylation is 1. The molecule has 0 aliphatic rings. The lowest BCUT2D eigenvalue weighted by atomic mass is 10.1. The average Bonchev–Trinajstić information content (AvgIpc) is 2.36. The van der Waals surface area contributed by atoms with Gasteiger partial charge in [0.25, 0.3) is 0 Å². The van der Waals surface area contributed by atoms with Crippen LogP contribution >= 0.6 is 11.6 Å². The smallest absolute Gasteiger partial charge is 0.123 e. The molecule has 18 heavy (non-hydrogen) atoms. The van der Waals surface area contributed by atoms with Crippen LogP contribution in [0.3, 0.4) is 0 Å². The molecule has 0 saturated heterocycles. The molecule has 0 aliphatic carbocycles. The highest BCUT2D eigenvalue weighted by molar-refractivity contribution is 6.18. The summed E-state index contributed by atoms with van der Waals surface area (Å²) in [6.45, 7) is 5.36. The molecule has 0 fully saturated rings. The molecule has 1 aromatic carbocycles. The summed E-state index contributed by atoms with van der Waals surface area (Å²) >= 11 is 5.83. The molecule has 102 valence electrons. The highest BCUT2D eigenvalue weighted by Gasteiger charge is 2.09. The molecule has 3 nitrogen and oxygen atoms in total. The van der Waals surface area contributed by atoms with Gasteiger partial charge in [0.2, 0.25) is 0 Å². The second-order valence-corrected chi connectivity index (χ2v) is 4.65. The molecule has 0 N–H and O–H groups in total. The quantitative estimate of drug-likeness (QED) is 0.679. The SMILES string of the molecule is COCCN(CCCl)Cc1cc(C)ccc1OC. The van der Waals surface area contributed by atoms with E-state index in [0.29, 0.717) is 12.5 Å². The standard InChI is InChI=1S/C14H22ClNO2/c1-12-4-5-14(18-3)13(10-12)11-16(7-6-15)8-9-17-2/h4-5,10H,6-9,11H2,1-3H3. The van der Waals surface area contributed by atoms with Crippen molar-refractivity contribution in [3.8, 4) is 5.75 Å². The summed E-state index contributed by atoms with van der Waals surface area (Å²) in [5, 5.41) is 0. The summed E-state index contributed by atoms with van der Waals surface area (Å²) in [6, 6.07) is 6.23. The van der Waals surface area contributed by atoms with Gasteiger partial charge in [0.15, 0.2) is 0 Å². The molecule has 0 spiro atoms. The predicted molar refractivity (Wildman–Crippen MR) is 75.6 cm³/mol. The second-order valence-electron chi connectivity index (χ2n) is 4.27. The number of benzene rings is 1. The van der Waals surface area contributed by atoms with E-state index in [-0.39, 0.29) is 0 Å². The van der Waals surface area contributed by atoms with Gasteiger partial charge < -0.3 is 9.47 Å². The maximum absolute atomic E-state index is 5.83. The summed E-state index contributed by atoms with van der Waals surface area (Å²) in [4.78, 5) is 2.27. The van der Waals surface area contributed by atoms with Gasteiger partial charge in [0, 0.05) is 38.2 Å². The minimum absolute atomic E-state index is 0.623. The fourth-order valence-electron chi connectivity index (χ4n) is 1.88. The molecule has 0 amide bonds. The summed E-state index contributed by atoms with van der Waals surface area (Å²) in [5.41, 5.74) is 2.43. The van der Waals surface area contributed by atoms with Gasteiger partial charge in [-0.05, 0) is 13.0 Å². The van der Waals surface area contributed by atoms with Crippen LogP contribution in [0.2, 0.25) is 0 Å². The summed E-state index contributed by atoms with van der Waals surface area (Å²) in [5.74, 6) is 1.55. The summed E-state index contributed by atoms with van der Waals surface area (Å²) in [6.07, 6.45) is 0. The number of halogens is 1. The van der Waals surface area contributed by atoms with Gasteiger partial charge in [-0.25, -0.2) is 0 Å². The number of alkyl halides is 1. The molecule has 1 aromatic rings. The van der Waals surface area contributed by atoms with E-state index in [4.69, 9.17) is 21.1 Å². The third kappa shape index (κ3) is 4.84. The Balaban J connectivity index is 2.74. The highest BCUT2D eigenvalue weighted by Crippen LogP contribution is 2.21. The molecule has 0 atom stereocenters. The first kappa shape index (κ1) is 15.3. The summed E-state index contributed by atoms with van der Waals surface area (Å²) < 4.78 is 10.5. The Hall–Kier alpha value is -0.770. The second kappa shape index (κ2) is 8.35. The minimum Gasteiger partial charge on any atom is -0.496 e. The largest absolute Gasteiger partial charge is 0.496 e. The number of ether oxygens (including phenoxy) is 2. The normalized spacial score (nSPS) is 10.9. The Morgan fingerprint density at radius 1 is 1.22 bits per heavy atom. The Morgan fingerprint density at radius 2 is 2.00 bits per heavy atom. The maximum Gasteiger partial charge on any atom is 0.123 e. The van der Waals surface area contributed by atoms with Crippen LogP contribution in [0, 0.1) is 6.92 Å². The highest BCUT2D eigenvalue weighted by atomic mass is 35.5. The van der Waals surface area contributed by atoms with Crippen LogP contribution in [-0.2, 0) is 11.3 Å². The van der Waals surface area contributed by atoms with Crippen molar-refractivity contribution in [2.75, 3.05) is 39.8 Å². The van der Waals surface area contributed by atoms with E-state index in [1.54, 1.807) is 14.2 Å². The van der Waals surface area contributed by atoms with E-state index in [2.05, 4.69) is 24.0 Å². The third-order valence-corrected chi connectivity index (χ3v) is 3.01. The first-order chi connectivity index (χ1) is 8.71. The van der Waals surface area contributed by atoms with Gasteiger partial charge in [0.05, 0.1) is 13.7 Å². The van der Waals surface area contributed by atoms with Crippen LogP contribution in [0.5, 0.6) is 5.75 Å². The zero-order valence-electron chi connectivity index (χ0n) is 11.4. The van der Waals surface area contributed by atoms with Crippen molar-refractivity contribution < 1.29 is 9.47 Å². The van der Waals surface area contributed by atoms with Crippen molar-refractivity contribution in [2.24, 2.45) is 0 Å². The summed E-state index contributed by atoms with van der Waals surface area (Å²) in [7, 11) is 3.42. The predicted octanol–water partition coefficient (Wildman–Crippen LogP) is 2.69. The van der Waals surface area contributed by atoms with E-state index in [1.807, 2.05) is 6.07 Å². The molecule has 1 rings (SSSR count). The zero-order chi connectivity index (χ0) is 13.4. The Kier molecular flexibility index (Phi) is 7.09. The van der Waals surface area contributed by atoms with Gasteiger partial charge in [-0.2, -0.15) is 0 Å². The first-order valence-corrected chi connectivity index (χ1v) is 6.65. The van der Waals surface area contributed by atoms with Crippen molar-refractivity contribution in [1.29, 1.82) is 0 Å². The van der Waals surface area contributed by atoms with Crippen LogP contribution in [0.25, 0.3) is 0 Å². The Bertz CT molecular complexity index is 358. The fourth-order valence-corrected chi connectivity index (χ4v) is 2.12. The lowest BCUT2D eigenvalue weighted by Crippen LogP contribution is -2.29. The van der Waals surface area contributed by atoms with Crippen LogP contribution in [0.4, 0.5) is 0 Å². The molecule has 0 radical (unpaired) electrons. The average molecular weight is 272 g/mol. The number of hydrogen-bond acceptors (Lipinski definition) is 3. The van der Waals surface area contributed by atoms with Crippen LogP contribution in [0.15, 0.2) is 18.2 Å². The lowest BCUT2D eigenvalue weighted by molar-refractivity contribution is 0.147. The number of rotatable bonds is 8. The zero-order valence-corrected chi connectivity index (χ0v) is 12.2. The first-order valence-electron chi connectivity index (χ1n) is 6.12. The van der Waals surface area contributed by atoms with Crippen molar-refractivity contribution in [2.45, 2.75) is 13.5 Å². The molecular formula is C14H22ClNO2. The van der Waals surface area contributed by atoms with Gasteiger partial charge in [-0.15, -0.1) is 11.6 Å². The van der Waals surface area contributed by atoms with Crippen LogP contribution < -0.4 is 4.74 Å². The van der Waals surface area contributed by atoms with E-state index >= 15 is 0 Å². The van der Waals surface area contributed by atoms with E-state index in [9.17, 15) is 0 Å².